The molecule has 0 saturated carbocycles. The fourth-order valence-corrected chi connectivity index (χ4v) is 4.53. The van der Waals surface area contributed by atoms with Crippen LogP contribution < -0.4 is 10.6 Å². The number of hydrogen-bond donors (Lipinski definition) is 2. The van der Waals surface area contributed by atoms with Gasteiger partial charge in [-0.3, -0.25) is 9.59 Å². The molecule has 0 radical (unpaired) electrons. The Balaban J connectivity index is 1.40. The van der Waals surface area contributed by atoms with E-state index < -0.39 is 17.5 Å². The third-order valence-electron chi connectivity index (χ3n) is 5.34. The second kappa shape index (κ2) is 10.5. The molecular weight excluding hydrogens is 456 g/mol. The number of fused-ring (bicyclic) bond motifs is 1. The Hall–Kier alpha value is -3.65. The lowest BCUT2D eigenvalue weighted by molar-refractivity contribution is -0.113. The largest absolute Gasteiger partial charge is 0.350 e. The lowest BCUT2D eigenvalue weighted by atomic mass is 10.1. The summed E-state index contributed by atoms with van der Waals surface area (Å²) in [6.45, 7) is 2.91. The highest BCUT2D eigenvalue weighted by Gasteiger charge is 2.13. The van der Waals surface area contributed by atoms with Crippen LogP contribution in [0.25, 0.3) is 10.9 Å². The highest BCUT2D eigenvalue weighted by Crippen LogP contribution is 2.30. The van der Waals surface area contributed by atoms with Crippen LogP contribution in [0.3, 0.4) is 0 Å². The molecule has 2 N–H and O–H groups in total. The molecule has 2 amide bonds. The average molecular weight is 480 g/mol. The van der Waals surface area contributed by atoms with E-state index in [9.17, 15) is 18.4 Å². The summed E-state index contributed by atoms with van der Waals surface area (Å²) in [6, 6.07) is 18.3. The Bertz CT molecular complexity index is 1350. The van der Waals surface area contributed by atoms with Gasteiger partial charge in [-0.25, -0.2) is 8.78 Å². The molecule has 4 aromatic rings. The molecule has 0 aliphatic heterocycles. The Morgan fingerprint density at radius 3 is 2.56 bits per heavy atom. The summed E-state index contributed by atoms with van der Waals surface area (Å²) >= 11 is 1.33. The summed E-state index contributed by atoms with van der Waals surface area (Å²) < 4.78 is 28.9. The Kier molecular flexibility index (Phi) is 7.27. The van der Waals surface area contributed by atoms with Crippen molar-refractivity contribution in [2.45, 2.75) is 18.4 Å². The number of nitrogens with one attached hydrogen (secondary N) is 2. The zero-order valence-electron chi connectivity index (χ0n) is 18.5. The lowest BCUT2D eigenvalue weighted by Gasteiger charge is -2.09. The smallest absolute Gasteiger partial charge is 0.251 e. The van der Waals surface area contributed by atoms with Crippen LogP contribution in [-0.4, -0.2) is 28.7 Å². The third kappa shape index (κ3) is 5.46. The van der Waals surface area contributed by atoms with Gasteiger partial charge in [-0.05, 0) is 36.8 Å². The molecule has 0 atom stereocenters. The van der Waals surface area contributed by atoms with E-state index in [1.165, 1.54) is 17.8 Å². The molecule has 0 fully saturated rings. The summed E-state index contributed by atoms with van der Waals surface area (Å²) in [7, 11) is 0. The van der Waals surface area contributed by atoms with E-state index in [0.29, 0.717) is 18.7 Å². The van der Waals surface area contributed by atoms with Crippen LogP contribution in [0, 0.1) is 18.6 Å². The number of aromatic nitrogens is 1. The number of carbonyl (C=O) groups is 2. The quantitative estimate of drug-likeness (QED) is 0.333. The molecule has 0 saturated heterocycles. The monoisotopic (exact) mass is 479 g/mol. The molecule has 34 heavy (non-hydrogen) atoms. The van der Waals surface area contributed by atoms with Crippen molar-refractivity contribution in [3.8, 4) is 0 Å². The summed E-state index contributed by atoms with van der Waals surface area (Å²) in [5.74, 6) is -1.96. The lowest BCUT2D eigenvalue weighted by Crippen LogP contribution is -2.27. The minimum absolute atomic E-state index is 0.0566. The second-order valence-electron chi connectivity index (χ2n) is 7.74. The van der Waals surface area contributed by atoms with E-state index in [2.05, 4.69) is 10.6 Å². The number of carbonyl (C=O) groups excluding carboxylic acids is 2. The Labute approximate surface area is 200 Å². The van der Waals surface area contributed by atoms with E-state index >= 15 is 0 Å². The van der Waals surface area contributed by atoms with Crippen molar-refractivity contribution in [2.75, 3.05) is 17.6 Å². The molecule has 0 spiro atoms. The Morgan fingerprint density at radius 2 is 1.76 bits per heavy atom. The van der Waals surface area contributed by atoms with Gasteiger partial charge in [0.05, 0.1) is 11.4 Å². The van der Waals surface area contributed by atoms with Crippen molar-refractivity contribution in [1.29, 1.82) is 0 Å². The molecule has 174 valence electrons. The van der Waals surface area contributed by atoms with E-state index in [-0.39, 0.29) is 17.3 Å². The minimum Gasteiger partial charge on any atom is -0.350 e. The summed E-state index contributed by atoms with van der Waals surface area (Å²) in [5.41, 5.74) is 2.50. The first kappa shape index (κ1) is 23.5. The van der Waals surface area contributed by atoms with Crippen LogP contribution in [0.5, 0.6) is 0 Å². The first-order valence-electron chi connectivity index (χ1n) is 10.7. The number of anilines is 1. The standard InChI is InChI=1S/C26H23F2N3O2S/c1-17-6-2-3-7-19(17)26(33)29-12-13-31-15-24(20-8-4-5-9-23(20)31)34-16-25(32)30-22-11-10-18(27)14-21(22)28/h2-11,14-15H,12-13,16H2,1H3,(H,29,33)(H,30,32). The minimum atomic E-state index is -0.817. The van der Waals surface area contributed by atoms with Crippen LogP contribution in [0.4, 0.5) is 14.5 Å². The first-order valence-corrected chi connectivity index (χ1v) is 11.7. The maximum absolute atomic E-state index is 13.8. The van der Waals surface area contributed by atoms with Crippen LogP contribution in [0.2, 0.25) is 0 Å². The number of thioether (sulfide) groups is 1. The van der Waals surface area contributed by atoms with Gasteiger partial charge in [-0.1, -0.05) is 36.4 Å². The molecular formula is C26H23F2N3O2S. The van der Waals surface area contributed by atoms with Gasteiger partial charge in [0.1, 0.15) is 11.6 Å². The first-order chi connectivity index (χ1) is 16.4. The number of rotatable bonds is 8. The van der Waals surface area contributed by atoms with Gasteiger partial charge in [0.2, 0.25) is 5.91 Å². The van der Waals surface area contributed by atoms with Crippen LogP contribution in [-0.2, 0) is 11.3 Å². The predicted molar refractivity (Wildman–Crippen MR) is 131 cm³/mol. The predicted octanol–water partition coefficient (Wildman–Crippen LogP) is 5.39. The fourth-order valence-electron chi connectivity index (χ4n) is 3.65. The molecule has 8 heteroatoms. The SMILES string of the molecule is Cc1ccccc1C(=O)NCCn1cc(SCC(=O)Nc2ccc(F)cc2F)c2ccccc21. The number of amides is 2. The van der Waals surface area contributed by atoms with E-state index in [4.69, 9.17) is 0 Å². The molecule has 1 heterocycles. The van der Waals surface area contributed by atoms with Crippen molar-refractivity contribution in [2.24, 2.45) is 0 Å². The molecule has 4 rings (SSSR count). The number of hydrogen-bond acceptors (Lipinski definition) is 3. The van der Waals surface area contributed by atoms with Gasteiger partial charge in [0.25, 0.3) is 5.91 Å². The average Bonchev–Trinajstić information content (AvgIpc) is 3.17. The van der Waals surface area contributed by atoms with E-state index in [1.54, 1.807) is 6.07 Å². The summed E-state index contributed by atoms with van der Waals surface area (Å²) in [6.07, 6.45) is 1.95. The topological polar surface area (TPSA) is 63.1 Å². The van der Waals surface area contributed by atoms with Crippen molar-refractivity contribution in [3.05, 3.63) is 95.7 Å². The van der Waals surface area contributed by atoms with Crippen molar-refractivity contribution in [1.82, 2.24) is 9.88 Å². The van der Waals surface area contributed by atoms with Crippen molar-refractivity contribution >= 4 is 40.2 Å². The molecule has 0 aliphatic rings. The molecule has 0 aliphatic carbocycles. The molecule has 3 aromatic carbocycles. The number of nitrogens with zero attached hydrogens (tertiary/aromatic N) is 1. The van der Waals surface area contributed by atoms with Gasteiger partial charge < -0.3 is 15.2 Å². The number of para-hydroxylation sites is 1. The van der Waals surface area contributed by atoms with Gasteiger partial charge >= 0.3 is 0 Å². The zero-order valence-corrected chi connectivity index (χ0v) is 19.3. The zero-order chi connectivity index (χ0) is 24.1. The fraction of sp³-hybridized carbons (Fsp3) is 0.154. The second-order valence-corrected chi connectivity index (χ2v) is 8.75. The molecule has 0 unspecified atom stereocenters. The van der Waals surface area contributed by atoms with Gasteiger partial charge in [0.15, 0.2) is 0 Å². The maximum atomic E-state index is 13.8. The van der Waals surface area contributed by atoms with E-state index in [0.717, 1.165) is 33.5 Å². The van der Waals surface area contributed by atoms with Gasteiger partial charge in [-0.2, -0.15) is 0 Å². The van der Waals surface area contributed by atoms with Crippen LogP contribution >= 0.6 is 11.8 Å². The molecule has 0 bridgehead atoms. The maximum Gasteiger partial charge on any atom is 0.251 e. The summed E-state index contributed by atoms with van der Waals surface area (Å²) in [4.78, 5) is 25.7. The third-order valence-corrected chi connectivity index (χ3v) is 6.39. The van der Waals surface area contributed by atoms with Crippen molar-refractivity contribution < 1.29 is 18.4 Å². The normalized spacial score (nSPS) is 10.9. The summed E-state index contributed by atoms with van der Waals surface area (Å²) in [5, 5.41) is 6.41. The van der Waals surface area contributed by atoms with Crippen molar-refractivity contribution in [3.63, 3.8) is 0 Å². The molecule has 1 aromatic heterocycles. The Morgan fingerprint density at radius 1 is 1.00 bits per heavy atom. The molecule has 5 nitrogen and oxygen atoms in total. The number of aryl methyl sites for hydroxylation is 1. The van der Waals surface area contributed by atoms with Crippen LogP contribution in [0.1, 0.15) is 15.9 Å². The highest BCUT2D eigenvalue weighted by molar-refractivity contribution is 8.00. The number of halogens is 2. The van der Waals surface area contributed by atoms with Crippen LogP contribution in [0.15, 0.2) is 77.8 Å². The van der Waals surface area contributed by atoms with Gasteiger partial charge in [-0.15, -0.1) is 11.8 Å². The highest BCUT2D eigenvalue weighted by atomic mass is 32.2. The van der Waals surface area contributed by atoms with E-state index in [1.807, 2.05) is 60.2 Å². The van der Waals surface area contributed by atoms with Gasteiger partial charge in [0, 0.05) is 46.7 Å². The number of benzene rings is 3.